The maximum atomic E-state index is 14.7. The summed E-state index contributed by atoms with van der Waals surface area (Å²) in [5.41, 5.74) is 1.15. The average molecular weight is 461 g/mol. The topological polar surface area (TPSA) is 80.3 Å². The molecular formula is C25H33FN2O5. The standard InChI is InChI=1S/C25H33FN2O5/c1-17(2)33-22-14-19(13-20(26)24(22)31-3)23(29)21(15-28-11-7-8-12-28)27-25(30)32-16-18-9-5-4-6-10-18/h4-6,9-10,13-14,17,21,23,29H,7-8,11-12,15-16H2,1-3H3,(H,27,30)/t21-,23-/m1/s1. The molecule has 33 heavy (non-hydrogen) atoms. The molecule has 180 valence electrons. The molecule has 2 aromatic rings. The second kappa shape index (κ2) is 11.9. The lowest BCUT2D eigenvalue weighted by molar-refractivity contribution is 0.0877. The molecule has 2 atom stereocenters. The van der Waals surface area contributed by atoms with Gasteiger partial charge in [-0.15, -0.1) is 0 Å². The van der Waals surface area contributed by atoms with Crippen molar-refractivity contribution in [2.75, 3.05) is 26.7 Å². The number of carbonyl (C=O) groups is 1. The molecule has 1 heterocycles. The summed E-state index contributed by atoms with van der Waals surface area (Å²) in [6.45, 7) is 5.92. The lowest BCUT2D eigenvalue weighted by atomic mass is 10.0. The fraction of sp³-hybridized carbons (Fsp3) is 0.480. The van der Waals surface area contributed by atoms with Gasteiger partial charge in [-0.2, -0.15) is 0 Å². The third kappa shape index (κ3) is 7.07. The van der Waals surface area contributed by atoms with Crippen molar-refractivity contribution in [2.24, 2.45) is 0 Å². The van der Waals surface area contributed by atoms with E-state index in [4.69, 9.17) is 14.2 Å². The number of hydrogen-bond donors (Lipinski definition) is 2. The molecule has 0 spiro atoms. The number of halogens is 1. The molecule has 1 aliphatic rings. The SMILES string of the molecule is COc1c(F)cc([C@@H](O)[C@@H](CN2CCCC2)NC(=O)OCc2ccccc2)cc1OC(C)C. The highest BCUT2D eigenvalue weighted by Crippen LogP contribution is 2.35. The van der Waals surface area contributed by atoms with Gasteiger partial charge in [0.05, 0.1) is 19.3 Å². The van der Waals surface area contributed by atoms with Crippen LogP contribution in [-0.4, -0.2) is 55.0 Å². The Morgan fingerprint density at radius 1 is 1.18 bits per heavy atom. The van der Waals surface area contributed by atoms with Gasteiger partial charge in [0.1, 0.15) is 12.7 Å². The van der Waals surface area contributed by atoms with Crippen molar-refractivity contribution in [1.29, 1.82) is 0 Å². The summed E-state index contributed by atoms with van der Waals surface area (Å²) in [5.74, 6) is -0.463. The van der Waals surface area contributed by atoms with E-state index in [0.29, 0.717) is 6.54 Å². The van der Waals surface area contributed by atoms with Crippen molar-refractivity contribution in [3.05, 3.63) is 59.4 Å². The largest absolute Gasteiger partial charge is 0.490 e. The average Bonchev–Trinajstić information content (AvgIpc) is 3.30. The zero-order chi connectivity index (χ0) is 23.8. The van der Waals surface area contributed by atoms with Gasteiger partial charge in [0.25, 0.3) is 0 Å². The van der Waals surface area contributed by atoms with Crippen LogP contribution in [0, 0.1) is 5.82 Å². The third-order valence-electron chi connectivity index (χ3n) is 5.49. The van der Waals surface area contributed by atoms with E-state index in [1.807, 2.05) is 44.2 Å². The van der Waals surface area contributed by atoms with E-state index < -0.39 is 24.1 Å². The molecule has 0 saturated carbocycles. The minimum absolute atomic E-state index is 0.0222. The number of methoxy groups -OCH3 is 1. The van der Waals surface area contributed by atoms with Crippen LogP contribution in [-0.2, 0) is 11.3 Å². The Balaban J connectivity index is 1.77. The molecule has 2 N–H and O–H groups in total. The Morgan fingerprint density at radius 2 is 1.88 bits per heavy atom. The van der Waals surface area contributed by atoms with Gasteiger partial charge in [0.15, 0.2) is 17.3 Å². The highest BCUT2D eigenvalue weighted by atomic mass is 19.1. The quantitative estimate of drug-likeness (QED) is 0.557. The molecule has 1 amide bonds. The van der Waals surface area contributed by atoms with Gasteiger partial charge in [0.2, 0.25) is 0 Å². The lowest BCUT2D eigenvalue weighted by Crippen LogP contribution is -2.46. The van der Waals surface area contributed by atoms with Crippen LogP contribution in [0.2, 0.25) is 0 Å². The van der Waals surface area contributed by atoms with Crippen molar-refractivity contribution in [3.63, 3.8) is 0 Å². The molecule has 1 aliphatic heterocycles. The molecule has 0 unspecified atom stereocenters. The monoisotopic (exact) mass is 460 g/mol. The molecule has 0 aromatic heterocycles. The summed E-state index contributed by atoms with van der Waals surface area (Å²) in [6, 6.07) is 11.4. The Labute approximate surface area is 194 Å². The number of likely N-dealkylation sites (tertiary alicyclic amines) is 1. The molecule has 8 heteroatoms. The molecule has 3 rings (SSSR count). The van der Waals surface area contributed by atoms with Crippen molar-refractivity contribution in [2.45, 2.75) is 51.5 Å². The highest BCUT2D eigenvalue weighted by molar-refractivity contribution is 5.67. The molecule has 0 radical (unpaired) electrons. The molecule has 1 saturated heterocycles. The highest BCUT2D eigenvalue weighted by Gasteiger charge is 2.29. The molecular weight excluding hydrogens is 427 g/mol. The normalized spacial score (nSPS) is 15.8. The van der Waals surface area contributed by atoms with Gasteiger partial charge in [-0.05, 0) is 63.0 Å². The van der Waals surface area contributed by atoms with Gasteiger partial charge >= 0.3 is 6.09 Å². The first-order valence-electron chi connectivity index (χ1n) is 11.3. The van der Waals surface area contributed by atoms with Crippen molar-refractivity contribution in [3.8, 4) is 11.5 Å². The summed E-state index contributed by atoms with van der Waals surface area (Å²) in [4.78, 5) is 14.7. The Bertz CT molecular complexity index is 903. The van der Waals surface area contributed by atoms with Gasteiger partial charge in [-0.25, -0.2) is 9.18 Å². The van der Waals surface area contributed by atoms with Crippen LogP contribution in [0.4, 0.5) is 9.18 Å². The minimum Gasteiger partial charge on any atom is -0.490 e. The number of nitrogens with zero attached hydrogens (tertiary/aromatic N) is 1. The number of benzene rings is 2. The Kier molecular flexibility index (Phi) is 8.91. The summed E-state index contributed by atoms with van der Waals surface area (Å²) < 4.78 is 30.9. The van der Waals surface area contributed by atoms with Crippen LogP contribution < -0.4 is 14.8 Å². The summed E-state index contributed by atoms with van der Waals surface area (Å²) in [5, 5.41) is 13.9. The molecule has 2 aromatic carbocycles. The van der Waals surface area contributed by atoms with Crippen LogP contribution in [0.5, 0.6) is 11.5 Å². The van der Waals surface area contributed by atoms with Crippen LogP contribution >= 0.6 is 0 Å². The van der Waals surface area contributed by atoms with E-state index in [-0.39, 0.29) is 29.8 Å². The van der Waals surface area contributed by atoms with E-state index >= 15 is 0 Å². The van der Waals surface area contributed by atoms with Crippen molar-refractivity contribution < 1.29 is 28.5 Å². The number of hydrogen-bond acceptors (Lipinski definition) is 6. The number of aliphatic hydroxyl groups excluding tert-OH is 1. The van der Waals surface area contributed by atoms with Crippen molar-refractivity contribution >= 4 is 6.09 Å². The van der Waals surface area contributed by atoms with E-state index in [1.165, 1.54) is 13.2 Å². The molecule has 7 nitrogen and oxygen atoms in total. The van der Waals surface area contributed by atoms with Gasteiger partial charge in [0, 0.05) is 6.54 Å². The number of ether oxygens (including phenoxy) is 3. The first-order chi connectivity index (χ1) is 15.9. The van der Waals surface area contributed by atoms with Crippen molar-refractivity contribution in [1.82, 2.24) is 10.2 Å². The fourth-order valence-corrected chi connectivity index (χ4v) is 3.91. The third-order valence-corrected chi connectivity index (χ3v) is 5.49. The van der Waals surface area contributed by atoms with Gasteiger partial charge in [-0.3, -0.25) is 0 Å². The fourth-order valence-electron chi connectivity index (χ4n) is 3.91. The van der Waals surface area contributed by atoms with Crippen LogP contribution in [0.15, 0.2) is 42.5 Å². The predicted molar refractivity (Wildman–Crippen MR) is 123 cm³/mol. The molecule has 0 aliphatic carbocycles. The van der Waals surface area contributed by atoms with Crippen LogP contribution in [0.25, 0.3) is 0 Å². The lowest BCUT2D eigenvalue weighted by Gasteiger charge is -2.29. The summed E-state index contributed by atoms with van der Waals surface area (Å²) in [6.07, 6.45) is 0.0898. The molecule has 0 bridgehead atoms. The predicted octanol–water partition coefficient (Wildman–Crippen LogP) is 4.05. The summed E-state index contributed by atoms with van der Waals surface area (Å²) in [7, 11) is 1.36. The first kappa shape index (κ1) is 24.8. The van der Waals surface area contributed by atoms with Crippen LogP contribution in [0.3, 0.4) is 0 Å². The maximum Gasteiger partial charge on any atom is 0.407 e. The van der Waals surface area contributed by atoms with E-state index in [0.717, 1.165) is 31.5 Å². The van der Waals surface area contributed by atoms with Gasteiger partial charge < -0.3 is 29.5 Å². The number of aliphatic hydroxyl groups is 1. The summed E-state index contributed by atoms with van der Waals surface area (Å²) >= 11 is 0. The zero-order valence-electron chi connectivity index (χ0n) is 19.4. The van der Waals surface area contributed by atoms with E-state index in [2.05, 4.69) is 10.2 Å². The Morgan fingerprint density at radius 3 is 2.52 bits per heavy atom. The minimum atomic E-state index is -1.18. The number of carbonyl (C=O) groups excluding carboxylic acids is 1. The smallest absolute Gasteiger partial charge is 0.407 e. The maximum absolute atomic E-state index is 14.7. The number of alkyl carbamates (subject to hydrolysis) is 1. The number of rotatable bonds is 10. The first-order valence-corrected chi connectivity index (χ1v) is 11.3. The molecule has 1 fully saturated rings. The van der Waals surface area contributed by atoms with E-state index in [9.17, 15) is 14.3 Å². The second-order valence-corrected chi connectivity index (χ2v) is 8.47. The zero-order valence-corrected chi connectivity index (χ0v) is 19.4. The Hall–Kier alpha value is -2.84. The van der Waals surface area contributed by atoms with Crippen LogP contribution in [0.1, 0.15) is 43.9 Å². The number of nitrogens with one attached hydrogen (secondary N) is 1. The number of amides is 1. The second-order valence-electron chi connectivity index (χ2n) is 8.47. The van der Waals surface area contributed by atoms with Gasteiger partial charge in [-0.1, -0.05) is 30.3 Å². The van der Waals surface area contributed by atoms with E-state index in [1.54, 1.807) is 6.07 Å².